The number of nitrogens with one attached hydrogen (secondary N) is 2. The lowest BCUT2D eigenvalue weighted by Gasteiger charge is -2.19. The first kappa shape index (κ1) is 20.1. The topological polar surface area (TPSA) is 75.3 Å². The number of benzene rings is 2. The largest absolute Gasteiger partial charge is 0.351 e. The van der Waals surface area contributed by atoms with Crippen LogP contribution >= 0.6 is 0 Å². The van der Waals surface area contributed by atoms with Crippen LogP contribution in [0.3, 0.4) is 0 Å². The van der Waals surface area contributed by atoms with Crippen LogP contribution in [0.1, 0.15) is 36.7 Å². The summed E-state index contributed by atoms with van der Waals surface area (Å²) in [6.07, 6.45) is 0. The molecule has 2 N–H and O–H groups in total. The molecule has 0 bridgehead atoms. The van der Waals surface area contributed by atoms with Gasteiger partial charge in [0.15, 0.2) is 0 Å². The first-order valence-electron chi connectivity index (χ1n) is 8.23. The fraction of sp³-hybridized carbons (Fsp3) is 0.316. The predicted molar refractivity (Wildman–Crippen MR) is 99.1 cm³/mol. The summed E-state index contributed by atoms with van der Waals surface area (Å²) in [6.45, 7) is 6.28. The zero-order valence-corrected chi connectivity index (χ0v) is 15.9. The van der Waals surface area contributed by atoms with E-state index < -0.39 is 21.7 Å². The molecule has 2 aromatic rings. The lowest BCUT2D eigenvalue weighted by atomic mass is 9.87. The molecule has 2 rings (SSSR count). The van der Waals surface area contributed by atoms with Gasteiger partial charge in [0.2, 0.25) is 10.0 Å². The first-order valence-corrected chi connectivity index (χ1v) is 9.72. The molecule has 0 spiro atoms. The molecule has 0 saturated heterocycles. The average molecular weight is 378 g/mol. The quantitative estimate of drug-likeness (QED) is 0.759. The zero-order valence-electron chi connectivity index (χ0n) is 15.0. The van der Waals surface area contributed by atoms with Crippen LogP contribution in [0.4, 0.5) is 4.39 Å². The van der Waals surface area contributed by atoms with Crippen LogP contribution in [0.5, 0.6) is 0 Å². The summed E-state index contributed by atoms with van der Waals surface area (Å²) in [7, 11) is -3.65. The first-order chi connectivity index (χ1) is 12.1. The van der Waals surface area contributed by atoms with E-state index in [0.29, 0.717) is 0 Å². The molecule has 0 aliphatic carbocycles. The number of hydrogen-bond acceptors (Lipinski definition) is 3. The van der Waals surface area contributed by atoms with Crippen LogP contribution in [0.2, 0.25) is 0 Å². The van der Waals surface area contributed by atoms with Crippen LogP contribution in [-0.4, -0.2) is 27.4 Å². The highest BCUT2D eigenvalue weighted by Gasteiger charge is 2.17. The standard InChI is InChI=1S/C19H23FN2O3S/c1-19(2,3)15-7-9-17(10-8-15)26(24,25)22-12-11-21-18(23)14-5-4-6-16(20)13-14/h4-10,13,22H,11-12H2,1-3H3,(H,21,23). The minimum atomic E-state index is -3.65. The lowest BCUT2D eigenvalue weighted by molar-refractivity contribution is 0.0954. The van der Waals surface area contributed by atoms with Gasteiger partial charge in [0.05, 0.1) is 4.90 Å². The molecule has 140 valence electrons. The van der Waals surface area contributed by atoms with Crippen molar-refractivity contribution in [3.8, 4) is 0 Å². The highest BCUT2D eigenvalue weighted by atomic mass is 32.2. The third-order valence-corrected chi connectivity index (χ3v) is 5.30. The summed E-state index contributed by atoms with van der Waals surface area (Å²) in [5.41, 5.74) is 1.17. The fourth-order valence-corrected chi connectivity index (χ4v) is 3.34. The van der Waals surface area contributed by atoms with Crippen molar-refractivity contribution in [2.24, 2.45) is 0 Å². The van der Waals surface area contributed by atoms with Gasteiger partial charge in [0.25, 0.3) is 5.91 Å². The van der Waals surface area contributed by atoms with Crippen molar-refractivity contribution in [3.05, 3.63) is 65.5 Å². The van der Waals surface area contributed by atoms with Crippen LogP contribution in [-0.2, 0) is 15.4 Å². The van der Waals surface area contributed by atoms with E-state index in [1.807, 2.05) is 0 Å². The van der Waals surface area contributed by atoms with E-state index in [-0.39, 0.29) is 29.0 Å². The predicted octanol–water partition coefficient (Wildman–Crippen LogP) is 2.83. The molecule has 0 aromatic heterocycles. The van der Waals surface area contributed by atoms with E-state index in [0.717, 1.165) is 11.6 Å². The van der Waals surface area contributed by atoms with E-state index in [2.05, 4.69) is 30.8 Å². The van der Waals surface area contributed by atoms with Gasteiger partial charge in [-0.15, -0.1) is 0 Å². The molecule has 0 radical (unpaired) electrons. The van der Waals surface area contributed by atoms with E-state index in [1.165, 1.54) is 18.2 Å². The average Bonchev–Trinajstić information content (AvgIpc) is 2.58. The van der Waals surface area contributed by atoms with E-state index in [1.54, 1.807) is 24.3 Å². The Morgan fingerprint density at radius 3 is 2.27 bits per heavy atom. The molecule has 0 atom stereocenters. The Balaban J connectivity index is 1.89. The highest BCUT2D eigenvalue weighted by Crippen LogP contribution is 2.23. The van der Waals surface area contributed by atoms with Crippen LogP contribution in [0.15, 0.2) is 53.4 Å². The van der Waals surface area contributed by atoms with Gasteiger partial charge >= 0.3 is 0 Å². The molecule has 0 aliphatic rings. The second-order valence-electron chi connectivity index (χ2n) is 6.94. The molecule has 0 saturated carbocycles. The number of carbonyl (C=O) groups excluding carboxylic acids is 1. The molecule has 0 fully saturated rings. The monoisotopic (exact) mass is 378 g/mol. The van der Waals surface area contributed by atoms with Crippen LogP contribution in [0.25, 0.3) is 0 Å². The Morgan fingerprint density at radius 2 is 1.69 bits per heavy atom. The number of sulfonamides is 1. The third kappa shape index (κ3) is 5.37. The second kappa shape index (κ2) is 7.97. The van der Waals surface area contributed by atoms with Crippen molar-refractivity contribution in [1.82, 2.24) is 10.0 Å². The fourth-order valence-electron chi connectivity index (χ4n) is 2.31. The summed E-state index contributed by atoms with van der Waals surface area (Å²) in [5, 5.41) is 2.55. The minimum absolute atomic E-state index is 0.0322. The Morgan fingerprint density at radius 1 is 1.04 bits per heavy atom. The third-order valence-electron chi connectivity index (χ3n) is 3.82. The van der Waals surface area contributed by atoms with Crippen molar-refractivity contribution >= 4 is 15.9 Å². The Bertz CT molecular complexity index is 872. The Labute approximate surface area is 153 Å². The van der Waals surface area contributed by atoms with Gasteiger partial charge in [-0.1, -0.05) is 39.0 Å². The second-order valence-corrected chi connectivity index (χ2v) is 8.71. The smallest absolute Gasteiger partial charge is 0.251 e. The van der Waals surface area contributed by atoms with E-state index >= 15 is 0 Å². The van der Waals surface area contributed by atoms with Crippen molar-refractivity contribution in [2.75, 3.05) is 13.1 Å². The lowest BCUT2D eigenvalue weighted by Crippen LogP contribution is -2.34. The normalized spacial score (nSPS) is 12.0. The number of halogens is 1. The maximum atomic E-state index is 13.1. The molecule has 0 heterocycles. The van der Waals surface area contributed by atoms with Crippen molar-refractivity contribution < 1.29 is 17.6 Å². The molecule has 0 aliphatic heterocycles. The van der Waals surface area contributed by atoms with Gasteiger partial charge in [-0.05, 0) is 41.3 Å². The molecule has 2 aromatic carbocycles. The van der Waals surface area contributed by atoms with Gasteiger partial charge < -0.3 is 5.32 Å². The van der Waals surface area contributed by atoms with Crippen molar-refractivity contribution in [2.45, 2.75) is 31.1 Å². The van der Waals surface area contributed by atoms with E-state index in [9.17, 15) is 17.6 Å². The Kier molecular flexibility index (Phi) is 6.15. The Hall–Kier alpha value is -2.25. The van der Waals surface area contributed by atoms with Gasteiger partial charge in [0, 0.05) is 18.7 Å². The number of carbonyl (C=O) groups is 1. The van der Waals surface area contributed by atoms with Crippen LogP contribution in [0, 0.1) is 5.82 Å². The van der Waals surface area contributed by atoms with Gasteiger partial charge in [0.1, 0.15) is 5.82 Å². The molecule has 0 unspecified atom stereocenters. The molecule has 26 heavy (non-hydrogen) atoms. The number of hydrogen-bond donors (Lipinski definition) is 2. The minimum Gasteiger partial charge on any atom is -0.351 e. The van der Waals surface area contributed by atoms with Gasteiger partial charge in [-0.2, -0.15) is 0 Å². The van der Waals surface area contributed by atoms with Gasteiger partial charge in [-0.3, -0.25) is 4.79 Å². The number of rotatable bonds is 6. The van der Waals surface area contributed by atoms with Crippen LogP contribution < -0.4 is 10.0 Å². The highest BCUT2D eigenvalue weighted by molar-refractivity contribution is 7.89. The number of amides is 1. The summed E-state index contributed by atoms with van der Waals surface area (Å²) in [5.74, 6) is -0.963. The molecule has 1 amide bonds. The summed E-state index contributed by atoms with van der Waals surface area (Å²) >= 11 is 0. The molecule has 5 nitrogen and oxygen atoms in total. The van der Waals surface area contributed by atoms with E-state index in [4.69, 9.17) is 0 Å². The molecular formula is C19H23FN2O3S. The maximum Gasteiger partial charge on any atom is 0.251 e. The van der Waals surface area contributed by atoms with Crippen molar-refractivity contribution in [1.29, 1.82) is 0 Å². The summed E-state index contributed by atoms with van der Waals surface area (Å²) < 4.78 is 40.1. The van der Waals surface area contributed by atoms with Crippen molar-refractivity contribution in [3.63, 3.8) is 0 Å². The summed E-state index contributed by atoms with van der Waals surface area (Å²) in [6, 6.07) is 12.0. The maximum absolute atomic E-state index is 13.1. The summed E-state index contributed by atoms with van der Waals surface area (Å²) in [4.78, 5) is 12.0. The van der Waals surface area contributed by atoms with Gasteiger partial charge in [-0.25, -0.2) is 17.5 Å². The molecular weight excluding hydrogens is 355 g/mol. The SMILES string of the molecule is CC(C)(C)c1ccc(S(=O)(=O)NCCNC(=O)c2cccc(F)c2)cc1. The zero-order chi connectivity index (χ0) is 19.4. The molecule has 7 heteroatoms.